The first-order valence-electron chi connectivity index (χ1n) is 6.29. The smallest absolute Gasteiger partial charge is 0.320 e. The lowest BCUT2D eigenvalue weighted by Gasteiger charge is -2.04. The Balaban J connectivity index is 0.000000247. The van der Waals surface area contributed by atoms with Gasteiger partial charge in [0.15, 0.2) is 0 Å². The number of carboxylic acids is 1. The summed E-state index contributed by atoms with van der Waals surface area (Å²) in [5, 5.41) is 9.75. The molecule has 2 aromatic heterocycles. The van der Waals surface area contributed by atoms with Crippen LogP contribution in [0.2, 0.25) is 0 Å². The fourth-order valence-electron chi connectivity index (χ4n) is 1.90. The summed E-state index contributed by atoms with van der Waals surface area (Å²) in [6.07, 6.45) is 5.91. The molecule has 5 N–H and O–H groups in total. The molecule has 2 heterocycles. The second-order valence-electron chi connectivity index (χ2n) is 4.39. The zero-order chi connectivity index (χ0) is 14.4. The molecule has 3 aromatic rings. The Hall–Kier alpha value is -2.53. The van der Waals surface area contributed by atoms with E-state index < -0.39 is 12.0 Å². The van der Waals surface area contributed by atoms with Gasteiger partial charge < -0.3 is 20.8 Å². The number of aromatic amines is 2. The minimum Gasteiger partial charge on any atom is -0.480 e. The summed E-state index contributed by atoms with van der Waals surface area (Å²) in [4.78, 5) is 16.6. The molecule has 5 nitrogen and oxygen atoms in total. The summed E-state index contributed by atoms with van der Waals surface area (Å²) < 4.78 is 0. The van der Waals surface area contributed by atoms with Crippen molar-refractivity contribution >= 4 is 16.9 Å². The third-order valence-electron chi connectivity index (χ3n) is 2.93. The Bertz CT molecular complexity index is 641. The lowest BCUT2D eigenvalue weighted by atomic mass is 10.1. The Morgan fingerprint density at radius 2 is 1.90 bits per heavy atom. The van der Waals surface area contributed by atoms with Gasteiger partial charge >= 0.3 is 5.97 Å². The van der Waals surface area contributed by atoms with Crippen LogP contribution in [0.1, 0.15) is 5.56 Å². The Kier molecular flexibility index (Phi) is 4.57. The molecule has 5 heteroatoms. The van der Waals surface area contributed by atoms with E-state index in [-0.39, 0.29) is 0 Å². The number of hydrogen-bond donors (Lipinski definition) is 4. The average Bonchev–Trinajstić information content (AvgIpc) is 3.12. The molecule has 0 radical (unpaired) electrons. The highest BCUT2D eigenvalue weighted by molar-refractivity contribution is 5.84. The number of rotatable bonds is 3. The van der Waals surface area contributed by atoms with Crippen LogP contribution in [0.4, 0.5) is 0 Å². The molecule has 0 saturated heterocycles. The number of aliphatic carboxylic acids is 1. The molecule has 0 spiro atoms. The van der Waals surface area contributed by atoms with Gasteiger partial charge in [-0.1, -0.05) is 18.2 Å². The van der Waals surface area contributed by atoms with Crippen molar-refractivity contribution < 1.29 is 9.90 Å². The Morgan fingerprint density at radius 3 is 2.50 bits per heavy atom. The van der Waals surface area contributed by atoms with Crippen molar-refractivity contribution in [2.45, 2.75) is 12.5 Å². The molecule has 0 aliphatic carbocycles. The first-order valence-corrected chi connectivity index (χ1v) is 6.29. The van der Waals surface area contributed by atoms with E-state index in [0.717, 1.165) is 16.5 Å². The highest BCUT2D eigenvalue weighted by Crippen LogP contribution is 2.18. The molecule has 20 heavy (non-hydrogen) atoms. The molecule has 0 bridgehead atoms. The molecular formula is C15H17N3O2. The van der Waals surface area contributed by atoms with Crippen molar-refractivity contribution in [1.82, 2.24) is 9.97 Å². The topological polar surface area (TPSA) is 94.9 Å². The third-order valence-corrected chi connectivity index (χ3v) is 2.93. The van der Waals surface area contributed by atoms with Gasteiger partial charge in [0.2, 0.25) is 0 Å². The fraction of sp³-hybridized carbons (Fsp3) is 0.133. The van der Waals surface area contributed by atoms with Crippen LogP contribution in [-0.4, -0.2) is 27.1 Å². The molecule has 0 saturated carbocycles. The second kappa shape index (κ2) is 6.58. The summed E-state index contributed by atoms with van der Waals surface area (Å²) in [5.41, 5.74) is 7.43. The van der Waals surface area contributed by atoms with Gasteiger partial charge in [0, 0.05) is 35.9 Å². The fourth-order valence-corrected chi connectivity index (χ4v) is 1.90. The van der Waals surface area contributed by atoms with Gasteiger partial charge in [0.1, 0.15) is 6.04 Å². The van der Waals surface area contributed by atoms with Crippen LogP contribution in [0.3, 0.4) is 0 Å². The molecule has 0 unspecified atom stereocenters. The van der Waals surface area contributed by atoms with Crippen LogP contribution in [0.5, 0.6) is 0 Å². The SMILES string of the molecule is N[C@@H](Cc1c[nH]c2ccccc12)C(=O)O.c1cc[nH]c1. The Labute approximate surface area is 116 Å². The number of para-hydroxylation sites is 1. The molecule has 3 rings (SSSR count). The standard InChI is InChI=1S/C11H12N2O2.C4H5N/c12-9(11(14)15)5-7-6-13-10-4-2-1-3-8(7)10;1-2-4-5-3-1/h1-4,6,9,13H,5,12H2,(H,14,15);1-5H/t9-;/m0./s1. The molecule has 0 aliphatic heterocycles. The number of aromatic nitrogens is 2. The van der Waals surface area contributed by atoms with Crippen LogP contribution >= 0.6 is 0 Å². The van der Waals surface area contributed by atoms with E-state index in [9.17, 15) is 4.79 Å². The van der Waals surface area contributed by atoms with Crippen molar-refractivity contribution in [3.8, 4) is 0 Å². The van der Waals surface area contributed by atoms with E-state index in [2.05, 4.69) is 9.97 Å². The van der Waals surface area contributed by atoms with E-state index in [0.29, 0.717) is 6.42 Å². The van der Waals surface area contributed by atoms with Crippen LogP contribution < -0.4 is 5.73 Å². The lowest BCUT2D eigenvalue weighted by molar-refractivity contribution is -0.138. The van der Waals surface area contributed by atoms with Gasteiger partial charge in [-0.3, -0.25) is 4.79 Å². The van der Waals surface area contributed by atoms with Crippen LogP contribution in [-0.2, 0) is 11.2 Å². The molecular weight excluding hydrogens is 254 g/mol. The van der Waals surface area contributed by atoms with E-state index in [1.165, 1.54) is 0 Å². The molecule has 1 atom stereocenters. The maximum Gasteiger partial charge on any atom is 0.320 e. The van der Waals surface area contributed by atoms with Gasteiger partial charge in [-0.2, -0.15) is 0 Å². The monoisotopic (exact) mass is 271 g/mol. The first-order chi connectivity index (χ1) is 9.68. The number of carbonyl (C=O) groups is 1. The normalized spacial score (nSPS) is 11.7. The van der Waals surface area contributed by atoms with Crippen molar-refractivity contribution in [2.24, 2.45) is 5.73 Å². The average molecular weight is 271 g/mol. The molecule has 0 fully saturated rings. The van der Waals surface area contributed by atoms with Crippen molar-refractivity contribution in [2.75, 3.05) is 0 Å². The van der Waals surface area contributed by atoms with Crippen LogP contribution in [0.15, 0.2) is 55.0 Å². The zero-order valence-electron chi connectivity index (χ0n) is 10.9. The Morgan fingerprint density at radius 1 is 1.20 bits per heavy atom. The number of benzene rings is 1. The number of H-pyrrole nitrogens is 2. The summed E-state index contributed by atoms with van der Waals surface area (Å²) in [6, 6.07) is 10.8. The molecule has 0 aliphatic rings. The van der Waals surface area contributed by atoms with Crippen molar-refractivity contribution in [1.29, 1.82) is 0 Å². The summed E-state index contributed by atoms with van der Waals surface area (Å²) in [5.74, 6) is -0.972. The maximum absolute atomic E-state index is 10.6. The number of nitrogens with one attached hydrogen (secondary N) is 2. The summed E-state index contributed by atoms with van der Waals surface area (Å²) >= 11 is 0. The van der Waals surface area contributed by atoms with Gasteiger partial charge in [-0.05, 0) is 23.8 Å². The number of hydrogen-bond acceptors (Lipinski definition) is 2. The third kappa shape index (κ3) is 3.49. The largest absolute Gasteiger partial charge is 0.480 e. The van der Waals surface area contributed by atoms with E-state index in [4.69, 9.17) is 10.8 Å². The highest BCUT2D eigenvalue weighted by Gasteiger charge is 2.14. The highest BCUT2D eigenvalue weighted by atomic mass is 16.4. The predicted octanol–water partition coefficient (Wildman–Crippen LogP) is 2.14. The molecule has 0 amide bonds. The van der Waals surface area contributed by atoms with E-state index in [1.54, 1.807) is 0 Å². The first kappa shape index (κ1) is 13.9. The number of fused-ring (bicyclic) bond motifs is 1. The molecule has 104 valence electrons. The summed E-state index contributed by atoms with van der Waals surface area (Å²) in [6.45, 7) is 0. The number of nitrogens with two attached hydrogens (primary N) is 1. The van der Waals surface area contributed by atoms with Gasteiger partial charge in [0.25, 0.3) is 0 Å². The quantitative estimate of drug-likeness (QED) is 0.587. The van der Waals surface area contributed by atoms with E-state index in [1.807, 2.05) is 55.0 Å². The van der Waals surface area contributed by atoms with Gasteiger partial charge in [-0.25, -0.2) is 0 Å². The van der Waals surface area contributed by atoms with Gasteiger partial charge in [0.05, 0.1) is 0 Å². The predicted molar refractivity (Wildman–Crippen MR) is 78.4 cm³/mol. The van der Waals surface area contributed by atoms with Crippen LogP contribution in [0.25, 0.3) is 10.9 Å². The lowest BCUT2D eigenvalue weighted by Crippen LogP contribution is -2.32. The van der Waals surface area contributed by atoms with Gasteiger partial charge in [-0.15, -0.1) is 0 Å². The van der Waals surface area contributed by atoms with Crippen molar-refractivity contribution in [3.63, 3.8) is 0 Å². The zero-order valence-corrected chi connectivity index (χ0v) is 10.9. The maximum atomic E-state index is 10.6. The summed E-state index contributed by atoms with van der Waals surface area (Å²) in [7, 11) is 0. The van der Waals surface area contributed by atoms with Crippen LogP contribution in [0, 0.1) is 0 Å². The van der Waals surface area contributed by atoms with Crippen molar-refractivity contribution in [3.05, 3.63) is 60.6 Å². The number of carboxylic acid groups (broad SMARTS) is 1. The second-order valence-corrected chi connectivity index (χ2v) is 4.39. The van der Waals surface area contributed by atoms with E-state index >= 15 is 0 Å². The minimum atomic E-state index is -0.972. The molecule has 1 aromatic carbocycles. The minimum absolute atomic E-state index is 0.347.